The number of hydrogen-bond acceptors (Lipinski definition) is 10. The van der Waals surface area contributed by atoms with Gasteiger partial charge in [0.05, 0.1) is 18.6 Å². The zero-order chi connectivity index (χ0) is 45.9. The van der Waals surface area contributed by atoms with Crippen LogP contribution in [-0.2, 0) is 47.0 Å². The standard InChI is InChI=1S/C51H72NO10P/c1-12-59-63(57,60-13-2)45(38-19-18-36-16-14-15-17-37(36)28-38)52-46(56)51-25-22-31(3)32(4)43(51)39-20-21-42-47(8)29-40(61-34(6)54)44(62-35(7)55)48(9,30-58-33(5)53)41(47)23-24-50(42,11)49(39,10)26-27-51/h14-20,28,31-32,40-45H,12-13,21-27,29-30H2,1-11H3,(H,52,56)/t31-,32+,40-,41-,42-,43+,44+,45?,47+,48+,49-,50-,51+/m1/s1. The van der Waals surface area contributed by atoms with Crippen molar-refractivity contribution in [2.75, 3.05) is 19.8 Å². The van der Waals surface area contributed by atoms with E-state index in [0.29, 0.717) is 24.3 Å². The number of fused-ring (bicyclic) bond motifs is 8. The van der Waals surface area contributed by atoms with Gasteiger partial charge in [0.25, 0.3) is 0 Å². The van der Waals surface area contributed by atoms with Gasteiger partial charge in [0.15, 0.2) is 5.78 Å². The molecule has 0 radical (unpaired) electrons. The Balaban J connectivity index is 1.30. The van der Waals surface area contributed by atoms with Crippen molar-refractivity contribution in [1.29, 1.82) is 0 Å². The fraction of sp³-hybridized carbons (Fsp3) is 0.686. The zero-order valence-corrected chi connectivity index (χ0v) is 40.4. The second-order valence-electron chi connectivity index (χ2n) is 20.8. The predicted octanol–water partition coefficient (Wildman–Crippen LogP) is 10.9. The Morgan fingerprint density at radius 2 is 1.48 bits per heavy atom. The van der Waals surface area contributed by atoms with Crippen molar-refractivity contribution in [1.82, 2.24) is 5.32 Å². The first kappa shape index (κ1) is 47.4. The molecule has 0 spiro atoms. The molecular weight excluding hydrogens is 818 g/mol. The minimum Gasteiger partial charge on any atom is -0.465 e. The lowest BCUT2D eigenvalue weighted by Crippen LogP contribution is -2.69. The molecule has 5 aliphatic carbocycles. The van der Waals surface area contributed by atoms with Gasteiger partial charge < -0.3 is 28.6 Å². The molecule has 13 atom stereocenters. The van der Waals surface area contributed by atoms with Gasteiger partial charge in [-0.1, -0.05) is 89.6 Å². The van der Waals surface area contributed by atoms with Gasteiger partial charge in [-0.15, -0.1) is 0 Å². The molecule has 1 amide bonds. The first-order valence-corrected chi connectivity index (χ1v) is 25.1. The molecule has 11 nitrogen and oxygen atoms in total. The summed E-state index contributed by atoms with van der Waals surface area (Å²) in [6.07, 6.45) is 7.00. The number of allylic oxidation sites excluding steroid dienone is 2. The predicted molar refractivity (Wildman–Crippen MR) is 242 cm³/mol. The molecule has 5 aliphatic rings. The number of carbonyl (C=O) groups excluding carboxylic acids is 4. The highest BCUT2D eigenvalue weighted by molar-refractivity contribution is 7.54. The van der Waals surface area contributed by atoms with Crippen LogP contribution < -0.4 is 5.32 Å². The van der Waals surface area contributed by atoms with Gasteiger partial charge in [0, 0.05) is 26.2 Å². The average Bonchev–Trinajstić information content (AvgIpc) is 3.21. The van der Waals surface area contributed by atoms with Crippen LogP contribution in [0.3, 0.4) is 0 Å². The van der Waals surface area contributed by atoms with Crippen LogP contribution in [0.15, 0.2) is 54.1 Å². The second kappa shape index (κ2) is 17.4. The maximum absolute atomic E-state index is 15.6. The van der Waals surface area contributed by atoms with E-state index in [1.165, 1.54) is 26.3 Å². The van der Waals surface area contributed by atoms with Gasteiger partial charge in [0.2, 0.25) is 5.91 Å². The van der Waals surface area contributed by atoms with E-state index in [9.17, 15) is 18.9 Å². The summed E-state index contributed by atoms with van der Waals surface area (Å²) in [5.41, 5.74) is -0.408. The van der Waals surface area contributed by atoms with Crippen LogP contribution in [0.2, 0.25) is 0 Å². The van der Waals surface area contributed by atoms with Gasteiger partial charge in [-0.3, -0.25) is 23.7 Å². The van der Waals surface area contributed by atoms with Crippen LogP contribution in [0.25, 0.3) is 10.8 Å². The van der Waals surface area contributed by atoms with E-state index in [2.05, 4.69) is 46.0 Å². The van der Waals surface area contributed by atoms with E-state index < -0.39 is 59.7 Å². The highest BCUT2D eigenvalue weighted by Crippen LogP contribution is 2.76. The van der Waals surface area contributed by atoms with Crippen LogP contribution >= 0.6 is 7.60 Å². The minimum atomic E-state index is -3.89. The first-order chi connectivity index (χ1) is 29.6. The van der Waals surface area contributed by atoms with Crippen LogP contribution in [0.1, 0.15) is 139 Å². The van der Waals surface area contributed by atoms with Gasteiger partial charge in [-0.05, 0) is 133 Å². The van der Waals surface area contributed by atoms with E-state index in [1.54, 1.807) is 13.8 Å². The molecule has 12 heteroatoms. The Labute approximate surface area is 375 Å². The third-order valence-corrected chi connectivity index (χ3v) is 19.9. The number of carbonyl (C=O) groups is 4. The van der Waals surface area contributed by atoms with Crippen LogP contribution in [0.4, 0.5) is 0 Å². The van der Waals surface area contributed by atoms with Crippen molar-refractivity contribution in [2.24, 2.45) is 56.7 Å². The molecule has 0 heterocycles. The topological polar surface area (TPSA) is 144 Å². The highest BCUT2D eigenvalue weighted by Gasteiger charge is 2.72. The molecule has 0 aliphatic heterocycles. The van der Waals surface area contributed by atoms with E-state index in [-0.39, 0.29) is 60.2 Å². The Kier molecular flexibility index (Phi) is 13.1. The van der Waals surface area contributed by atoms with E-state index in [4.69, 9.17) is 23.3 Å². The molecule has 346 valence electrons. The summed E-state index contributed by atoms with van der Waals surface area (Å²) in [5.74, 6) is -1.77. The van der Waals surface area contributed by atoms with Crippen molar-refractivity contribution in [3.63, 3.8) is 0 Å². The molecule has 0 aromatic heterocycles. The van der Waals surface area contributed by atoms with E-state index in [1.807, 2.05) is 49.4 Å². The number of hydrogen-bond donors (Lipinski definition) is 1. The summed E-state index contributed by atoms with van der Waals surface area (Å²) in [4.78, 5) is 53.4. The molecule has 0 saturated heterocycles. The number of nitrogens with one attached hydrogen (secondary N) is 1. The van der Waals surface area contributed by atoms with Crippen molar-refractivity contribution in [2.45, 2.75) is 146 Å². The summed E-state index contributed by atoms with van der Waals surface area (Å²) in [6, 6.07) is 13.9. The molecule has 63 heavy (non-hydrogen) atoms. The van der Waals surface area contributed by atoms with Crippen molar-refractivity contribution < 1.29 is 47.0 Å². The Hall–Kier alpha value is -3.53. The van der Waals surface area contributed by atoms with Gasteiger partial charge in [-0.2, -0.15) is 0 Å². The van der Waals surface area contributed by atoms with Crippen molar-refractivity contribution in [3.05, 3.63) is 59.7 Å². The first-order valence-electron chi connectivity index (χ1n) is 23.5. The molecule has 4 saturated carbocycles. The van der Waals surface area contributed by atoms with Crippen LogP contribution in [-0.4, -0.2) is 55.8 Å². The van der Waals surface area contributed by atoms with Gasteiger partial charge in [0.1, 0.15) is 18.8 Å². The van der Waals surface area contributed by atoms with Gasteiger partial charge >= 0.3 is 25.5 Å². The lowest BCUT2D eigenvalue weighted by Gasteiger charge is -2.72. The lowest BCUT2D eigenvalue weighted by molar-refractivity contribution is -0.255. The number of esters is 3. The van der Waals surface area contributed by atoms with E-state index >= 15 is 4.79 Å². The van der Waals surface area contributed by atoms with Crippen LogP contribution in [0, 0.1) is 56.7 Å². The number of ether oxygens (including phenoxy) is 3. The Morgan fingerprint density at radius 1 is 0.810 bits per heavy atom. The summed E-state index contributed by atoms with van der Waals surface area (Å²) in [5, 5.41) is 5.41. The molecule has 2 aromatic carbocycles. The number of amides is 1. The largest absolute Gasteiger partial charge is 0.465 e. The zero-order valence-electron chi connectivity index (χ0n) is 39.5. The molecule has 7 rings (SSSR count). The fourth-order valence-corrected chi connectivity index (χ4v) is 16.4. The third-order valence-electron chi connectivity index (χ3n) is 17.6. The summed E-state index contributed by atoms with van der Waals surface area (Å²) >= 11 is 0. The van der Waals surface area contributed by atoms with E-state index in [0.717, 1.165) is 49.3 Å². The Morgan fingerprint density at radius 3 is 2.11 bits per heavy atom. The maximum atomic E-state index is 15.6. The average molecular weight is 890 g/mol. The molecule has 0 bridgehead atoms. The lowest BCUT2D eigenvalue weighted by atomic mass is 9.33. The Bertz CT molecular complexity index is 2180. The van der Waals surface area contributed by atoms with Crippen molar-refractivity contribution >= 4 is 42.2 Å². The smallest absolute Gasteiger partial charge is 0.357 e. The fourth-order valence-electron chi connectivity index (χ4n) is 14.5. The molecule has 1 unspecified atom stereocenters. The third kappa shape index (κ3) is 7.81. The van der Waals surface area contributed by atoms with Crippen molar-refractivity contribution in [3.8, 4) is 0 Å². The van der Waals surface area contributed by atoms with Crippen LogP contribution in [0.5, 0.6) is 0 Å². The quantitative estimate of drug-likeness (QED) is 0.0946. The summed E-state index contributed by atoms with van der Waals surface area (Å²) in [6.45, 7) is 22.0. The summed E-state index contributed by atoms with van der Waals surface area (Å²) in [7, 11) is -3.89. The summed E-state index contributed by atoms with van der Waals surface area (Å²) < 4.78 is 44.9. The highest BCUT2D eigenvalue weighted by atomic mass is 31.2. The minimum absolute atomic E-state index is 0.0161. The monoisotopic (exact) mass is 889 g/mol. The maximum Gasteiger partial charge on any atom is 0.357 e. The molecule has 4 fully saturated rings. The SMILES string of the molecule is CCOP(=O)(OCC)C(NC(=O)[C@]12CC[C@@H](C)[C@H](C)[C@H]1C1=CC[C@@H]3[C@@]4(C)C[C@@H](OC(C)=O)[C@H](OC(C)=O)[C@@](C)(COC(C)=O)[C@@H]4CC[C@@]3(C)[C@]1(C)CC2)c1ccc2ccccc2c1. The van der Waals surface area contributed by atoms with Gasteiger partial charge in [-0.25, -0.2) is 0 Å². The second-order valence-corrected chi connectivity index (χ2v) is 22.9. The molecular formula is C51H72NO10P. The molecule has 2 aromatic rings. The number of benzene rings is 2. The molecule has 1 N–H and O–H groups in total. The number of rotatable bonds is 12. The normalized spacial score (nSPS) is 37.8.